The molecule has 0 spiro atoms. The van der Waals surface area contributed by atoms with Crippen molar-refractivity contribution in [2.45, 2.75) is 6.92 Å². The molecule has 0 aromatic heterocycles. The first-order chi connectivity index (χ1) is 12.9. The van der Waals surface area contributed by atoms with Crippen molar-refractivity contribution in [1.82, 2.24) is 0 Å². The molecule has 0 atom stereocenters. The predicted molar refractivity (Wildman–Crippen MR) is 103 cm³/mol. The minimum atomic E-state index is -0.714. The van der Waals surface area contributed by atoms with E-state index in [-0.39, 0.29) is 22.5 Å². The van der Waals surface area contributed by atoms with E-state index in [2.05, 4.69) is 0 Å². The van der Waals surface area contributed by atoms with Gasteiger partial charge in [-0.15, -0.1) is 0 Å². The number of anilines is 1. The highest BCUT2D eigenvalue weighted by Gasteiger charge is 2.39. The molecule has 1 aliphatic heterocycles. The van der Waals surface area contributed by atoms with Crippen LogP contribution in [0.3, 0.4) is 0 Å². The van der Waals surface area contributed by atoms with Gasteiger partial charge in [-0.1, -0.05) is 41.4 Å². The van der Waals surface area contributed by atoms with Crippen molar-refractivity contribution >= 4 is 46.8 Å². The van der Waals surface area contributed by atoms with Crippen LogP contribution in [-0.2, 0) is 14.3 Å². The van der Waals surface area contributed by atoms with Gasteiger partial charge in [0, 0.05) is 21.3 Å². The molecule has 0 bridgehead atoms. The van der Waals surface area contributed by atoms with Crippen molar-refractivity contribution in [3.63, 3.8) is 0 Å². The molecule has 0 saturated heterocycles. The monoisotopic (exact) mass is 405 g/mol. The van der Waals surface area contributed by atoms with Gasteiger partial charge in [-0.2, -0.15) is 0 Å². The van der Waals surface area contributed by atoms with Crippen LogP contribution in [0.15, 0.2) is 59.3 Å². The summed E-state index contributed by atoms with van der Waals surface area (Å²) in [4.78, 5) is 26.6. The largest absolute Gasteiger partial charge is 0.465 e. The van der Waals surface area contributed by atoms with E-state index in [0.717, 1.165) is 4.90 Å². The van der Waals surface area contributed by atoms with Crippen LogP contribution < -0.4 is 4.90 Å². The van der Waals surface area contributed by atoms with Gasteiger partial charge in [0.15, 0.2) is 0 Å². The van der Waals surface area contributed by atoms with Gasteiger partial charge in [-0.3, -0.25) is 9.69 Å². The Morgan fingerprint density at radius 3 is 2.33 bits per heavy atom. The van der Waals surface area contributed by atoms with Gasteiger partial charge < -0.3 is 4.74 Å². The topological polar surface area (TPSA) is 46.6 Å². The first-order valence-electron chi connectivity index (χ1n) is 7.91. The molecule has 27 heavy (non-hydrogen) atoms. The fourth-order valence-electron chi connectivity index (χ4n) is 2.90. The van der Waals surface area contributed by atoms with E-state index in [1.54, 1.807) is 31.2 Å². The van der Waals surface area contributed by atoms with E-state index in [1.165, 1.54) is 31.4 Å². The van der Waals surface area contributed by atoms with E-state index in [4.69, 9.17) is 27.9 Å². The number of benzene rings is 2. The number of rotatable bonds is 3. The lowest BCUT2D eigenvalue weighted by atomic mass is 10.0. The van der Waals surface area contributed by atoms with Crippen LogP contribution in [0.2, 0.25) is 10.0 Å². The number of allylic oxidation sites excluding steroid dienone is 1. The first-order valence-corrected chi connectivity index (χ1v) is 8.66. The van der Waals surface area contributed by atoms with Gasteiger partial charge in [0.1, 0.15) is 5.82 Å². The third kappa shape index (κ3) is 3.36. The number of halogens is 3. The summed E-state index contributed by atoms with van der Waals surface area (Å²) in [6, 6.07) is 10.7. The molecule has 2 aromatic rings. The summed E-state index contributed by atoms with van der Waals surface area (Å²) in [6.07, 6.45) is 1.42. The van der Waals surface area contributed by atoms with Gasteiger partial charge in [-0.05, 0) is 37.3 Å². The molecule has 7 heteroatoms. The molecule has 0 fully saturated rings. The van der Waals surface area contributed by atoms with Gasteiger partial charge in [0.25, 0.3) is 5.91 Å². The molecule has 138 valence electrons. The molecule has 0 saturated carbocycles. The maximum absolute atomic E-state index is 14.3. The normalized spacial score (nSPS) is 15.7. The van der Waals surface area contributed by atoms with Crippen molar-refractivity contribution in [3.8, 4) is 0 Å². The number of methoxy groups -OCH3 is 1. The number of amides is 1. The number of ether oxygens (including phenoxy) is 1. The van der Waals surface area contributed by atoms with Gasteiger partial charge >= 0.3 is 5.97 Å². The van der Waals surface area contributed by atoms with Crippen LogP contribution in [-0.4, -0.2) is 19.0 Å². The fourth-order valence-corrected chi connectivity index (χ4v) is 3.40. The Hall–Kier alpha value is -2.63. The number of nitrogens with zero attached hydrogens (tertiary/aromatic N) is 1. The fraction of sp³-hybridized carbons (Fsp3) is 0.100. The molecule has 0 N–H and O–H groups in total. The predicted octanol–water partition coefficient (Wildman–Crippen LogP) is 5.01. The second-order valence-electron chi connectivity index (χ2n) is 5.74. The number of carbonyl (C=O) groups is 2. The molecule has 1 amide bonds. The second kappa shape index (κ2) is 7.55. The Bertz CT molecular complexity index is 994. The highest BCUT2D eigenvalue weighted by Crippen LogP contribution is 2.38. The lowest BCUT2D eigenvalue weighted by molar-refractivity contribution is -0.136. The molecule has 0 radical (unpaired) electrons. The highest BCUT2D eigenvalue weighted by molar-refractivity contribution is 6.37. The molecule has 1 aliphatic rings. The molecule has 3 rings (SSSR count). The number of esters is 1. The van der Waals surface area contributed by atoms with Crippen LogP contribution in [0.4, 0.5) is 10.1 Å². The number of carbonyl (C=O) groups excluding carboxylic acids is 2. The third-order valence-electron chi connectivity index (χ3n) is 4.17. The molecular formula is C20H14Cl2FNO3. The summed E-state index contributed by atoms with van der Waals surface area (Å²) in [5.41, 5.74) is 0.731. The number of hydrogen-bond acceptors (Lipinski definition) is 3. The second-order valence-corrected chi connectivity index (χ2v) is 6.55. The summed E-state index contributed by atoms with van der Waals surface area (Å²) >= 11 is 12.4. The van der Waals surface area contributed by atoms with E-state index in [0.29, 0.717) is 15.6 Å². The quantitative estimate of drug-likeness (QED) is 0.532. The molecule has 4 nitrogen and oxygen atoms in total. The minimum Gasteiger partial charge on any atom is -0.465 e. The summed E-state index contributed by atoms with van der Waals surface area (Å²) < 4.78 is 19.1. The van der Waals surface area contributed by atoms with Gasteiger partial charge in [0.05, 0.1) is 23.9 Å². The van der Waals surface area contributed by atoms with Crippen molar-refractivity contribution in [2.75, 3.05) is 12.0 Å². The molecule has 2 aromatic carbocycles. The zero-order valence-electron chi connectivity index (χ0n) is 14.4. The zero-order valence-corrected chi connectivity index (χ0v) is 15.9. The van der Waals surface area contributed by atoms with E-state index in [9.17, 15) is 14.0 Å². The van der Waals surface area contributed by atoms with Gasteiger partial charge in [-0.25, -0.2) is 9.18 Å². The summed E-state index contributed by atoms with van der Waals surface area (Å²) in [6.45, 7) is 1.55. The maximum Gasteiger partial charge on any atom is 0.340 e. The lowest BCUT2D eigenvalue weighted by Crippen LogP contribution is -2.25. The van der Waals surface area contributed by atoms with E-state index >= 15 is 0 Å². The molecule has 0 unspecified atom stereocenters. The standard InChI is InChI=1S/C20H14Cl2FNO3/c1-11-18(20(26)27-2)13(10-12-14(21)6-5-7-15(12)22)19(25)24(11)17-9-4-3-8-16(17)23/h3-10H,1-2H3. The van der Waals surface area contributed by atoms with E-state index in [1.807, 2.05) is 0 Å². The zero-order chi connectivity index (χ0) is 19.7. The molecule has 1 heterocycles. The number of hydrogen-bond donors (Lipinski definition) is 0. The average molecular weight is 406 g/mol. The van der Waals surface area contributed by atoms with Crippen LogP contribution in [0, 0.1) is 5.82 Å². The Morgan fingerprint density at radius 2 is 1.74 bits per heavy atom. The molecule has 0 aliphatic carbocycles. The SMILES string of the molecule is COC(=O)C1=C(C)N(c2ccccc2F)C(=O)C1=Cc1c(Cl)cccc1Cl. The minimum absolute atomic E-state index is 0.0256. The van der Waals surface area contributed by atoms with Gasteiger partial charge in [0.2, 0.25) is 0 Å². The van der Waals surface area contributed by atoms with Crippen molar-refractivity contribution < 1.29 is 18.7 Å². The Morgan fingerprint density at radius 1 is 1.11 bits per heavy atom. The Labute approximate surface area is 165 Å². The lowest BCUT2D eigenvalue weighted by Gasteiger charge is -2.18. The first kappa shape index (κ1) is 19.1. The maximum atomic E-state index is 14.3. The summed E-state index contributed by atoms with van der Waals surface area (Å²) in [5.74, 6) is -1.88. The van der Waals surface area contributed by atoms with E-state index < -0.39 is 17.7 Å². The van der Waals surface area contributed by atoms with Crippen molar-refractivity contribution in [2.24, 2.45) is 0 Å². The number of para-hydroxylation sites is 1. The van der Waals surface area contributed by atoms with Crippen molar-refractivity contribution in [1.29, 1.82) is 0 Å². The highest BCUT2D eigenvalue weighted by atomic mass is 35.5. The van der Waals surface area contributed by atoms with Crippen LogP contribution in [0.25, 0.3) is 6.08 Å². The summed E-state index contributed by atoms with van der Waals surface area (Å²) in [5, 5.41) is 0.628. The van der Waals surface area contributed by atoms with Crippen LogP contribution in [0.1, 0.15) is 12.5 Å². The average Bonchev–Trinajstić information content (AvgIpc) is 2.88. The molecular weight excluding hydrogens is 392 g/mol. The van der Waals surface area contributed by atoms with Crippen molar-refractivity contribution in [3.05, 3.63) is 80.7 Å². The Kier molecular flexibility index (Phi) is 5.35. The van der Waals surface area contributed by atoms with Crippen LogP contribution in [0.5, 0.6) is 0 Å². The Balaban J connectivity index is 2.23. The van der Waals surface area contributed by atoms with Crippen LogP contribution >= 0.6 is 23.2 Å². The summed E-state index contributed by atoms with van der Waals surface area (Å²) in [7, 11) is 1.21. The third-order valence-corrected chi connectivity index (χ3v) is 4.83. The smallest absolute Gasteiger partial charge is 0.340 e.